The topological polar surface area (TPSA) is 79.6 Å². The molecule has 1 aliphatic heterocycles. The molecule has 0 atom stereocenters. The molecular formula is C23H14ClF3N2O4. The molecule has 4 rings (SSSR count). The fourth-order valence-electron chi connectivity index (χ4n) is 3.29. The summed E-state index contributed by atoms with van der Waals surface area (Å²) in [5.74, 6) is -1.68. The van der Waals surface area contributed by atoms with E-state index in [2.05, 4.69) is 5.32 Å². The number of urea groups is 1. The zero-order valence-electron chi connectivity index (χ0n) is 16.9. The first-order chi connectivity index (χ1) is 15.6. The second-order valence-corrected chi connectivity index (χ2v) is 7.53. The van der Waals surface area contributed by atoms with E-state index in [0.29, 0.717) is 10.6 Å². The van der Waals surface area contributed by atoms with Crippen molar-refractivity contribution < 1.29 is 32.0 Å². The van der Waals surface area contributed by atoms with Crippen LogP contribution in [0.2, 0.25) is 5.02 Å². The monoisotopic (exact) mass is 474 g/mol. The minimum absolute atomic E-state index is 0.0398. The number of anilines is 1. The molecule has 0 aliphatic carbocycles. The van der Waals surface area contributed by atoms with Crippen molar-refractivity contribution in [3.63, 3.8) is 0 Å². The van der Waals surface area contributed by atoms with Gasteiger partial charge in [-0.25, -0.2) is 9.69 Å². The number of furan rings is 1. The summed E-state index contributed by atoms with van der Waals surface area (Å²) < 4.78 is 44.5. The number of carbonyl (C=O) groups excluding carboxylic acids is 3. The predicted octanol–water partition coefficient (Wildman–Crippen LogP) is 5.59. The number of rotatable bonds is 3. The summed E-state index contributed by atoms with van der Waals surface area (Å²) in [6.07, 6.45) is -3.40. The maximum absolute atomic E-state index is 13.0. The van der Waals surface area contributed by atoms with Crippen LogP contribution >= 0.6 is 11.6 Å². The number of amides is 4. The molecule has 0 unspecified atom stereocenters. The Labute approximate surface area is 190 Å². The molecule has 3 aromatic rings. The first-order valence-corrected chi connectivity index (χ1v) is 9.88. The van der Waals surface area contributed by atoms with E-state index < -0.39 is 29.6 Å². The van der Waals surface area contributed by atoms with Crippen LogP contribution in [0.15, 0.2) is 64.6 Å². The van der Waals surface area contributed by atoms with Gasteiger partial charge in [0.2, 0.25) is 0 Å². The number of hydrogen-bond donors (Lipinski definition) is 1. The molecule has 1 aliphatic rings. The van der Waals surface area contributed by atoms with Crippen molar-refractivity contribution in [1.82, 2.24) is 5.32 Å². The average molecular weight is 475 g/mol. The fraction of sp³-hybridized carbons (Fsp3) is 0.0870. The van der Waals surface area contributed by atoms with E-state index in [1.165, 1.54) is 30.3 Å². The van der Waals surface area contributed by atoms with Crippen LogP contribution in [-0.4, -0.2) is 17.8 Å². The van der Waals surface area contributed by atoms with Gasteiger partial charge < -0.3 is 4.42 Å². The number of hydrogen-bond acceptors (Lipinski definition) is 4. The summed E-state index contributed by atoms with van der Waals surface area (Å²) in [5.41, 5.74) is -0.406. The highest BCUT2D eigenvalue weighted by Gasteiger charge is 2.38. The van der Waals surface area contributed by atoms with Crippen LogP contribution in [0.4, 0.5) is 23.7 Å². The second-order valence-electron chi connectivity index (χ2n) is 7.12. The Morgan fingerprint density at radius 2 is 1.76 bits per heavy atom. The van der Waals surface area contributed by atoms with E-state index in [1.54, 1.807) is 19.1 Å². The summed E-state index contributed by atoms with van der Waals surface area (Å²) in [6, 6.07) is 11.1. The van der Waals surface area contributed by atoms with Crippen LogP contribution in [0.1, 0.15) is 16.9 Å². The van der Waals surface area contributed by atoms with E-state index >= 15 is 0 Å². The van der Waals surface area contributed by atoms with Crippen molar-refractivity contribution in [2.24, 2.45) is 0 Å². The minimum atomic E-state index is -4.52. The number of nitrogens with zero attached hydrogens (tertiary/aromatic N) is 1. The van der Waals surface area contributed by atoms with Crippen LogP contribution in [0.3, 0.4) is 0 Å². The van der Waals surface area contributed by atoms with Gasteiger partial charge in [0.05, 0.1) is 11.3 Å². The number of benzene rings is 2. The lowest BCUT2D eigenvalue weighted by Gasteiger charge is -2.27. The molecule has 33 heavy (non-hydrogen) atoms. The molecule has 1 saturated heterocycles. The maximum Gasteiger partial charge on any atom is 0.416 e. The van der Waals surface area contributed by atoms with Crippen LogP contribution < -0.4 is 10.2 Å². The summed E-state index contributed by atoms with van der Waals surface area (Å²) in [4.78, 5) is 38.5. The molecule has 4 amide bonds. The van der Waals surface area contributed by atoms with Crippen molar-refractivity contribution in [1.29, 1.82) is 0 Å². The Balaban J connectivity index is 1.69. The normalized spacial score (nSPS) is 15.8. The molecule has 1 fully saturated rings. The van der Waals surface area contributed by atoms with Crippen molar-refractivity contribution in [2.45, 2.75) is 13.1 Å². The minimum Gasteiger partial charge on any atom is -0.457 e. The molecule has 2 heterocycles. The van der Waals surface area contributed by atoms with Gasteiger partial charge in [0, 0.05) is 10.6 Å². The summed E-state index contributed by atoms with van der Waals surface area (Å²) in [5, 5.41) is 2.41. The van der Waals surface area contributed by atoms with Gasteiger partial charge >= 0.3 is 12.2 Å². The van der Waals surface area contributed by atoms with Crippen LogP contribution in [0.25, 0.3) is 17.4 Å². The van der Waals surface area contributed by atoms with E-state index in [1.807, 2.05) is 0 Å². The molecule has 168 valence electrons. The summed E-state index contributed by atoms with van der Waals surface area (Å²) >= 11 is 6.09. The lowest BCUT2D eigenvalue weighted by Crippen LogP contribution is -2.54. The molecule has 6 nitrogen and oxygen atoms in total. The Bertz CT molecular complexity index is 1330. The van der Waals surface area contributed by atoms with Gasteiger partial charge in [0.25, 0.3) is 11.8 Å². The van der Waals surface area contributed by atoms with E-state index in [9.17, 15) is 27.6 Å². The molecule has 1 N–H and O–H groups in total. The first-order valence-electron chi connectivity index (χ1n) is 9.50. The SMILES string of the molecule is Cc1c(Cl)cccc1N1C(=O)NC(=O)/C(=C\c2ccc(-c3cccc(C(F)(F)F)c3)o2)C1=O. The number of barbiturate groups is 1. The Morgan fingerprint density at radius 3 is 2.48 bits per heavy atom. The van der Waals surface area contributed by atoms with E-state index in [-0.39, 0.29) is 28.3 Å². The number of carbonyl (C=O) groups is 3. The molecule has 0 bridgehead atoms. The molecule has 1 aromatic heterocycles. The highest BCUT2D eigenvalue weighted by Crippen LogP contribution is 2.33. The van der Waals surface area contributed by atoms with Gasteiger partial charge in [-0.3, -0.25) is 14.9 Å². The van der Waals surface area contributed by atoms with Crippen LogP contribution in [0, 0.1) is 6.92 Å². The zero-order valence-corrected chi connectivity index (χ0v) is 17.6. The lowest BCUT2D eigenvalue weighted by atomic mass is 10.1. The number of alkyl halides is 3. The Morgan fingerprint density at radius 1 is 1.03 bits per heavy atom. The van der Waals surface area contributed by atoms with E-state index in [4.69, 9.17) is 16.0 Å². The van der Waals surface area contributed by atoms with Gasteiger partial charge in [-0.2, -0.15) is 13.2 Å². The third-order valence-electron chi connectivity index (χ3n) is 4.97. The fourth-order valence-corrected chi connectivity index (χ4v) is 3.46. The second kappa shape index (κ2) is 8.25. The van der Waals surface area contributed by atoms with Gasteiger partial charge in [-0.05, 0) is 55.0 Å². The molecule has 0 spiro atoms. The average Bonchev–Trinajstić information content (AvgIpc) is 3.22. The molecule has 0 saturated carbocycles. The quantitative estimate of drug-likeness (QED) is 0.396. The number of nitrogens with one attached hydrogen (secondary N) is 1. The van der Waals surface area contributed by atoms with E-state index in [0.717, 1.165) is 23.1 Å². The zero-order chi connectivity index (χ0) is 23.9. The van der Waals surface area contributed by atoms with Crippen LogP contribution in [-0.2, 0) is 15.8 Å². The molecule has 2 aromatic carbocycles. The van der Waals surface area contributed by atoms with Crippen molar-refractivity contribution in [2.75, 3.05) is 4.90 Å². The third kappa shape index (κ3) is 4.27. The van der Waals surface area contributed by atoms with Crippen molar-refractivity contribution >= 4 is 41.2 Å². The van der Waals surface area contributed by atoms with Gasteiger partial charge in [0.15, 0.2) is 0 Å². The third-order valence-corrected chi connectivity index (χ3v) is 5.38. The predicted molar refractivity (Wildman–Crippen MR) is 114 cm³/mol. The van der Waals surface area contributed by atoms with Crippen LogP contribution in [0.5, 0.6) is 0 Å². The molecule has 0 radical (unpaired) electrons. The lowest BCUT2D eigenvalue weighted by molar-refractivity contribution is -0.137. The maximum atomic E-state index is 13.0. The first kappa shape index (κ1) is 22.3. The largest absolute Gasteiger partial charge is 0.457 e. The highest BCUT2D eigenvalue weighted by atomic mass is 35.5. The standard InChI is InChI=1S/C23H14ClF3N2O4/c1-12-17(24)6-3-7-18(12)29-21(31)16(20(30)28-22(29)32)11-15-8-9-19(33-15)13-4-2-5-14(10-13)23(25,26)27/h2-11H,1H3,(H,28,30,32)/b16-11+. The summed E-state index contributed by atoms with van der Waals surface area (Å²) in [6.45, 7) is 1.62. The Kier molecular flexibility index (Phi) is 5.59. The Hall–Kier alpha value is -3.85. The van der Waals surface area contributed by atoms with Gasteiger partial charge in [-0.1, -0.05) is 29.8 Å². The summed E-state index contributed by atoms with van der Waals surface area (Å²) in [7, 11) is 0. The van der Waals surface area contributed by atoms with Crippen molar-refractivity contribution in [3.8, 4) is 11.3 Å². The smallest absolute Gasteiger partial charge is 0.416 e. The van der Waals surface area contributed by atoms with Gasteiger partial charge in [0.1, 0.15) is 17.1 Å². The van der Waals surface area contributed by atoms with Crippen molar-refractivity contribution in [3.05, 3.63) is 82.1 Å². The highest BCUT2D eigenvalue weighted by molar-refractivity contribution is 6.39. The van der Waals surface area contributed by atoms with Gasteiger partial charge in [-0.15, -0.1) is 0 Å². The number of halogens is 4. The molecule has 10 heteroatoms. The molecular weight excluding hydrogens is 461 g/mol. The number of imide groups is 2.